The lowest BCUT2D eigenvalue weighted by Crippen LogP contribution is -2.54. The zero-order valence-corrected chi connectivity index (χ0v) is 8.93. The molecule has 1 saturated heterocycles. The second kappa shape index (κ2) is 5.68. The second-order valence-electron chi connectivity index (χ2n) is 3.72. The molecule has 0 radical (unpaired) electrons. The van der Waals surface area contributed by atoms with Crippen molar-refractivity contribution in [2.75, 3.05) is 32.7 Å². The van der Waals surface area contributed by atoms with Gasteiger partial charge in [-0.1, -0.05) is 12.2 Å². The number of rotatable bonds is 6. The molecular formula is C11H18N2O2. The van der Waals surface area contributed by atoms with Gasteiger partial charge in [0.2, 0.25) is 5.91 Å². The highest BCUT2D eigenvalue weighted by molar-refractivity contribution is 5.78. The van der Waals surface area contributed by atoms with E-state index in [1.165, 1.54) is 0 Å². The van der Waals surface area contributed by atoms with E-state index in [1.807, 2.05) is 4.90 Å². The van der Waals surface area contributed by atoms with Crippen LogP contribution in [0.1, 0.15) is 0 Å². The first-order valence-corrected chi connectivity index (χ1v) is 5.07. The quantitative estimate of drug-likeness (QED) is 0.621. The average molecular weight is 210 g/mol. The summed E-state index contributed by atoms with van der Waals surface area (Å²) in [7, 11) is 0. The third-order valence-electron chi connectivity index (χ3n) is 2.35. The molecule has 1 amide bonds. The molecule has 1 aliphatic heterocycles. The molecule has 0 aliphatic carbocycles. The predicted molar refractivity (Wildman–Crippen MR) is 59.4 cm³/mol. The standard InChI is InChI=1S/C11H18N2O2/c1-3-5-13(6-4-2)11(15)9-12-7-10(14)8-12/h3-4,10,14H,1-2,5-9H2. The Morgan fingerprint density at radius 1 is 1.40 bits per heavy atom. The largest absolute Gasteiger partial charge is 0.390 e. The van der Waals surface area contributed by atoms with Crippen molar-refractivity contribution in [2.45, 2.75) is 6.10 Å². The second-order valence-corrected chi connectivity index (χ2v) is 3.72. The molecule has 0 spiro atoms. The van der Waals surface area contributed by atoms with Crippen LogP contribution in [0, 0.1) is 0 Å². The van der Waals surface area contributed by atoms with Crippen LogP contribution in [0.4, 0.5) is 0 Å². The molecule has 4 heteroatoms. The van der Waals surface area contributed by atoms with Gasteiger partial charge < -0.3 is 10.0 Å². The normalized spacial score (nSPS) is 16.9. The lowest BCUT2D eigenvalue weighted by Gasteiger charge is -2.36. The van der Waals surface area contributed by atoms with E-state index >= 15 is 0 Å². The summed E-state index contributed by atoms with van der Waals surface area (Å²) in [6.45, 7) is 9.87. The number of β-amino-alcohol motifs (C(OH)–C–C–N with tert-alkyl or cyclic N) is 1. The molecule has 1 rings (SSSR count). The van der Waals surface area contributed by atoms with Crippen LogP contribution < -0.4 is 0 Å². The molecule has 0 unspecified atom stereocenters. The Balaban J connectivity index is 2.34. The zero-order valence-electron chi connectivity index (χ0n) is 8.93. The lowest BCUT2D eigenvalue weighted by atomic mass is 10.2. The van der Waals surface area contributed by atoms with Crippen LogP contribution in [-0.2, 0) is 4.79 Å². The van der Waals surface area contributed by atoms with Crippen LogP contribution in [0.15, 0.2) is 25.3 Å². The number of aliphatic hydroxyl groups is 1. The number of amides is 1. The maximum absolute atomic E-state index is 11.7. The van der Waals surface area contributed by atoms with Crippen LogP contribution in [0.25, 0.3) is 0 Å². The molecule has 4 nitrogen and oxygen atoms in total. The van der Waals surface area contributed by atoms with Crippen LogP contribution >= 0.6 is 0 Å². The molecule has 1 aliphatic rings. The molecule has 0 aromatic rings. The van der Waals surface area contributed by atoms with E-state index in [0.29, 0.717) is 32.7 Å². The maximum atomic E-state index is 11.7. The smallest absolute Gasteiger partial charge is 0.237 e. The summed E-state index contributed by atoms with van der Waals surface area (Å²) in [5, 5.41) is 9.08. The van der Waals surface area contributed by atoms with Crippen molar-refractivity contribution in [1.29, 1.82) is 0 Å². The summed E-state index contributed by atoms with van der Waals surface area (Å²) in [5.41, 5.74) is 0. The Morgan fingerprint density at radius 3 is 2.33 bits per heavy atom. The Kier molecular flexibility index (Phi) is 4.52. The van der Waals surface area contributed by atoms with E-state index in [2.05, 4.69) is 13.2 Å². The minimum atomic E-state index is -0.259. The van der Waals surface area contributed by atoms with Crippen LogP contribution in [0.5, 0.6) is 0 Å². The molecule has 1 heterocycles. The van der Waals surface area contributed by atoms with Gasteiger partial charge >= 0.3 is 0 Å². The number of carbonyl (C=O) groups is 1. The van der Waals surface area contributed by atoms with Crippen molar-refractivity contribution >= 4 is 5.91 Å². The Bertz CT molecular complexity index is 237. The van der Waals surface area contributed by atoms with Gasteiger partial charge in [-0.3, -0.25) is 9.69 Å². The molecule has 84 valence electrons. The topological polar surface area (TPSA) is 43.8 Å². The molecular weight excluding hydrogens is 192 g/mol. The van der Waals surface area contributed by atoms with Gasteiger partial charge in [-0.15, -0.1) is 13.2 Å². The summed E-state index contributed by atoms with van der Waals surface area (Å²) >= 11 is 0. The third kappa shape index (κ3) is 3.49. The molecule has 0 atom stereocenters. The van der Waals surface area contributed by atoms with Crippen molar-refractivity contribution in [1.82, 2.24) is 9.80 Å². The summed E-state index contributed by atoms with van der Waals surface area (Å²) in [4.78, 5) is 15.3. The highest BCUT2D eigenvalue weighted by Crippen LogP contribution is 2.07. The van der Waals surface area contributed by atoms with Gasteiger partial charge in [-0.25, -0.2) is 0 Å². The maximum Gasteiger partial charge on any atom is 0.237 e. The van der Waals surface area contributed by atoms with Crippen LogP contribution in [0.3, 0.4) is 0 Å². The van der Waals surface area contributed by atoms with Gasteiger partial charge in [-0.2, -0.15) is 0 Å². The van der Waals surface area contributed by atoms with Gasteiger partial charge in [0.05, 0.1) is 12.6 Å². The van der Waals surface area contributed by atoms with E-state index in [0.717, 1.165) is 0 Å². The molecule has 1 N–H and O–H groups in total. The minimum Gasteiger partial charge on any atom is -0.390 e. The van der Waals surface area contributed by atoms with Crippen LogP contribution in [-0.4, -0.2) is 59.6 Å². The van der Waals surface area contributed by atoms with E-state index in [9.17, 15) is 4.79 Å². The monoisotopic (exact) mass is 210 g/mol. The number of aliphatic hydroxyl groups excluding tert-OH is 1. The number of hydrogen-bond acceptors (Lipinski definition) is 3. The van der Waals surface area contributed by atoms with Gasteiger partial charge in [0, 0.05) is 26.2 Å². The molecule has 0 bridgehead atoms. The summed E-state index contributed by atoms with van der Waals surface area (Å²) in [6, 6.07) is 0. The first-order valence-electron chi connectivity index (χ1n) is 5.07. The zero-order chi connectivity index (χ0) is 11.3. The van der Waals surface area contributed by atoms with Gasteiger partial charge in [-0.05, 0) is 0 Å². The Hall–Kier alpha value is -1.13. The fourth-order valence-electron chi connectivity index (χ4n) is 1.55. The minimum absolute atomic E-state index is 0.0571. The number of nitrogens with zero attached hydrogens (tertiary/aromatic N) is 2. The van der Waals surface area contributed by atoms with Gasteiger partial charge in [0.25, 0.3) is 0 Å². The Labute approximate surface area is 90.5 Å². The van der Waals surface area contributed by atoms with Gasteiger partial charge in [0.15, 0.2) is 0 Å². The van der Waals surface area contributed by atoms with Gasteiger partial charge in [0.1, 0.15) is 0 Å². The number of hydrogen-bond donors (Lipinski definition) is 1. The van der Waals surface area contributed by atoms with Crippen molar-refractivity contribution in [3.8, 4) is 0 Å². The first-order chi connectivity index (χ1) is 7.17. The number of carbonyl (C=O) groups excluding carboxylic acids is 1. The summed E-state index contributed by atoms with van der Waals surface area (Å²) < 4.78 is 0. The van der Waals surface area contributed by atoms with Crippen molar-refractivity contribution < 1.29 is 9.90 Å². The van der Waals surface area contributed by atoms with E-state index < -0.39 is 0 Å². The third-order valence-corrected chi connectivity index (χ3v) is 2.35. The highest BCUT2D eigenvalue weighted by Gasteiger charge is 2.27. The fraction of sp³-hybridized carbons (Fsp3) is 0.545. The molecule has 0 aromatic carbocycles. The van der Waals surface area contributed by atoms with Crippen LogP contribution in [0.2, 0.25) is 0 Å². The first kappa shape index (κ1) is 11.9. The predicted octanol–water partition coefficient (Wildman–Crippen LogP) is -0.137. The average Bonchev–Trinajstić information content (AvgIpc) is 2.15. The molecule has 0 aromatic heterocycles. The SMILES string of the molecule is C=CCN(CC=C)C(=O)CN1CC(O)C1. The Morgan fingerprint density at radius 2 is 1.93 bits per heavy atom. The van der Waals surface area contributed by atoms with E-state index in [1.54, 1.807) is 17.1 Å². The molecule has 1 fully saturated rings. The van der Waals surface area contributed by atoms with Crippen molar-refractivity contribution in [3.63, 3.8) is 0 Å². The van der Waals surface area contributed by atoms with Crippen molar-refractivity contribution in [2.24, 2.45) is 0 Å². The van der Waals surface area contributed by atoms with E-state index in [4.69, 9.17) is 5.11 Å². The lowest BCUT2D eigenvalue weighted by molar-refractivity contribution is -0.134. The number of likely N-dealkylation sites (tertiary alicyclic amines) is 1. The summed E-state index contributed by atoms with van der Waals surface area (Å²) in [6.07, 6.45) is 3.14. The molecule has 15 heavy (non-hydrogen) atoms. The summed E-state index contributed by atoms with van der Waals surface area (Å²) in [5.74, 6) is 0.0571. The van der Waals surface area contributed by atoms with E-state index in [-0.39, 0.29) is 12.0 Å². The fourth-order valence-corrected chi connectivity index (χ4v) is 1.55. The molecule has 0 saturated carbocycles. The highest BCUT2D eigenvalue weighted by atomic mass is 16.3. The van der Waals surface area contributed by atoms with Crippen molar-refractivity contribution in [3.05, 3.63) is 25.3 Å².